The van der Waals surface area contributed by atoms with Gasteiger partial charge in [-0.2, -0.15) is 0 Å². The molecule has 3 aromatic heterocycles. The molecule has 0 aromatic carbocycles. The summed E-state index contributed by atoms with van der Waals surface area (Å²) in [6.45, 7) is 4.82. The summed E-state index contributed by atoms with van der Waals surface area (Å²) in [7, 11) is 0. The molecule has 3 rings (SSSR count). The van der Waals surface area contributed by atoms with Gasteiger partial charge in [-0.3, -0.25) is 15.1 Å². The fraction of sp³-hybridized carbons (Fsp3) is 0.375. The largest absolute Gasteiger partial charge is 0.302 e. The molecule has 0 aliphatic rings. The van der Waals surface area contributed by atoms with Crippen LogP contribution < -0.4 is 5.32 Å². The van der Waals surface area contributed by atoms with Crippen LogP contribution in [-0.4, -0.2) is 41.6 Å². The van der Waals surface area contributed by atoms with Gasteiger partial charge in [-0.05, 0) is 25.5 Å². The van der Waals surface area contributed by atoms with Crippen molar-refractivity contribution in [2.24, 2.45) is 0 Å². The van der Waals surface area contributed by atoms with Gasteiger partial charge in [-0.25, -0.2) is 0 Å². The summed E-state index contributed by atoms with van der Waals surface area (Å²) in [5, 5.41) is 21.5. The summed E-state index contributed by atoms with van der Waals surface area (Å²) in [5.41, 5.74) is 0.947. The Hall–Kier alpha value is -2.33. The minimum atomic E-state index is -0.134. The summed E-state index contributed by atoms with van der Waals surface area (Å²) in [6, 6.07) is 3.78. The van der Waals surface area contributed by atoms with Crippen molar-refractivity contribution < 1.29 is 4.79 Å². The fourth-order valence-corrected chi connectivity index (χ4v) is 3.96. The second kappa shape index (κ2) is 8.86. The molecule has 3 aromatic rings. The molecule has 1 N–H and O–H groups in total. The lowest BCUT2D eigenvalue weighted by molar-refractivity contribution is -0.113. The van der Waals surface area contributed by atoms with Crippen molar-refractivity contribution in [3.63, 3.8) is 0 Å². The maximum absolute atomic E-state index is 12.2. The Morgan fingerprint density at radius 2 is 2.00 bits per heavy atom. The van der Waals surface area contributed by atoms with E-state index in [9.17, 15) is 4.79 Å². The van der Waals surface area contributed by atoms with E-state index in [1.54, 1.807) is 12.4 Å². The van der Waals surface area contributed by atoms with E-state index in [-0.39, 0.29) is 11.7 Å². The molecule has 0 radical (unpaired) electrons. The molecule has 0 saturated carbocycles. The van der Waals surface area contributed by atoms with Gasteiger partial charge in [0.1, 0.15) is 5.01 Å². The number of aromatic nitrogens is 6. The first-order valence-corrected chi connectivity index (χ1v) is 10.1. The van der Waals surface area contributed by atoms with Crippen LogP contribution in [0.2, 0.25) is 0 Å². The van der Waals surface area contributed by atoms with E-state index in [2.05, 4.69) is 37.6 Å². The lowest BCUT2D eigenvalue weighted by Gasteiger charge is -2.07. The van der Waals surface area contributed by atoms with Crippen molar-refractivity contribution in [1.29, 1.82) is 0 Å². The third-order valence-corrected chi connectivity index (χ3v) is 5.35. The van der Waals surface area contributed by atoms with E-state index in [0.717, 1.165) is 29.2 Å². The third-order valence-electron chi connectivity index (χ3n) is 3.48. The molecule has 0 spiro atoms. The van der Waals surface area contributed by atoms with Gasteiger partial charge in [0.15, 0.2) is 11.0 Å². The summed E-state index contributed by atoms with van der Waals surface area (Å²) >= 11 is 2.76. The van der Waals surface area contributed by atoms with E-state index in [0.29, 0.717) is 16.8 Å². The maximum atomic E-state index is 12.2. The molecule has 1 amide bonds. The first-order valence-electron chi connectivity index (χ1n) is 8.29. The predicted molar refractivity (Wildman–Crippen MR) is 102 cm³/mol. The van der Waals surface area contributed by atoms with E-state index in [4.69, 9.17) is 0 Å². The van der Waals surface area contributed by atoms with Gasteiger partial charge in [-0.15, -0.1) is 20.4 Å². The van der Waals surface area contributed by atoms with Crippen LogP contribution in [0.4, 0.5) is 5.13 Å². The molecular formula is C16H19N7OS2. The van der Waals surface area contributed by atoms with Crippen molar-refractivity contribution in [1.82, 2.24) is 29.9 Å². The summed E-state index contributed by atoms with van der Waals surface area (Å²) in [5.74, 6) is 0.869. The van der Waals surface area contributed by atoms with Crippen molar-refractivity contribution in [2.75, 3.05) is 11.1 Å². The highest BCUT2D eigenvalue weighted by Crippen LogP contribution is 2.24. The molecule has 0 atom stereocenters. The van der Waals surface area contributed by atoms with Crippen LogP contribution >= 0.6 is 23.1 Å². The number of pyridine rings is 1. The van der Waals surface area contributed by atoms with Crippen molar-refractivity contribution in [2.45, 2.75) is 38.4 Å². The number of anilines is 1. The van der Waals surface area contributed by atoms with E-state index in [1.807, 2.05) is 23.6 Å². The van der Waals surface area contributed by atoms with Gasteiger partial charge >= 0.3 is 0 Å². The number of aryl methyl sites for hydroxylation is 1. The number of amides is 1. The van der Waals surface area contributed by atoms with Gasteiger partial charge < -0.3 is 4.57 Å². The molecular weight excluding hydrogens is 370 g/mol. The van der Waals surface area contributed by atoms with E-state index < -0.39 is 0 Å². The molecule has 10 heteroatoms. The highest BCUT2D eigenvalue weighted by Gasteiger charge is 2.15. The van der Waals surface area contributed by atoms with Gasteiger partial charge in [0.25, 0.3) is 0 Å². The monoisotopic (exact) mass is 389 g/mol. The molecule has 26 heavy (non-hydrogen) atoms. The van der Waals surface area contributed by atoms with Crippen LogP contribution in [0.5, 0.6) is 0 Å². The van der Waals surface area contributed by atoms with Gasteiger partial charge in [-0.1, -0.05) is 30.0 Å². The zero-order valence-corrected chi connectivity index (χ0v) is 16.2. The smallest absolute Gasteiger partial charge is 0.236 e. The molecule has 8 nitrogen and oxygen atoms in total. The Morgan fingerprint density at radius 1 is 1.19 bits per heavy atom. The lowest BCUT2D eigenvalue weighted by Crippen LogP contribution is -2.14. The average Bonchev–Trinajstić information content (AvgIpc) is 3.27. The molecule has 0 unspecified atom stereocenters. The van der Waals surface area contributed by atoms with Crippen LogP contribution in [-0.2, 0) is 17.8 Å². The maximum Gasteiger partial charge on any atom is 0.236 e. The van der Waals surface area contributed by atoms with Crippen molar-refractivity contribution in [3.05, 3.63) is 29.5 Å². The Bertz CT molecular complexity index is 863. The molecule has 0 aliphatic heterocycles. The first-order chi connectivity index (χ1) is 12.7. The van der Waals surface area contributed by atoms with Crippen LogP contribution in [0, 0.1) is 0 Å². The Kier molecular flexibility index (Phi) is 6.29. The number of thioether (sulfide) groups is 1. The standard InChI is InChI=1S/C16H19N7OS2/c1-3-5-13-19-21-15(26-13)18-12(24)10-25-16-22-20-14(23(16)4-2)11-6-8-17-9-7-11/h6-9H,3-5,10H2,1-2H3,(H,18,21,24). The summed E-state index contributed by atoms with van der Waals surface area (Å²) in [6.07, 6.45) is 5.32. The highest BCUT2D eigenvalue weighted by atomic mass is 32.2. The molecule has 3 heterocycles. The lowest BCUT2D eigenvalue weighted by atomic mass is 10.2. The third kappa shape index (κ3) is 4.44. The summed E-state index contributed by atoms with van der Waals surface area (Å²) in [4.78, 5) is 16.2. The van der Waals surface area contributed by atoms with Crippen LogP contribution in [0.1, 0.15) is 25.3 Å². The van der Waals surface area contributed by atoms with Gasteiger partial charge in [0.05, 0.1) is 5.75 Å². The number of nitrogens with zero attached hydrogens (tertiary/aromatic N) is 6. The fourth-order valence-electron chi connectivity index (χ4n) is 2.30. The normalized spacial score (nSPS) is 10.8. The van der Waals surface area contributed by atoms with Crippen LogP contribution in [0.3, 0.4) is 0 Å². The molecule has 0 bridgehead atoms. The van der Waals surface area contributed by atoms with Crippen LogP contribution in [0.25, 0.3) is 11.4 Å². The van der Waals surface area contributed by atoms with Crippen LogP contribution in [0.15, 0.2) is 29.7 Å². The number of nitrogens with one attached hydrogen (secondary N) is 1. The van der Waals surface area contributed by atoms with Crippen molar-refractivity contribution >= 4 is 34.1 Å². The van der Waals surface area contributed by atoms with Gasteiger partial charge in [0.2, 0.25) is 11.0 Å². The Labute approximate surface area is 159 Å². The SMILES string of the molecule is CCCc1nnc(NC(=O)CSc2nnc(-c3ccncc3)n2CC)s1. The molecule has 0 aliphatic carbocycles. The second-order valence-electron chi connectivity index (χ2n) is 5.37. The highest BCUT2D eigenvalue weighted by molar-refractivity contribution is 7.99. The number of carbonyl (C=O) groups excluding carboxylic acids is 1. The number of carbonyl (C=O) groups is 1. The predicted octanol–water partition coefficient (Wildman–Crippen LogP) is 2.89. The Morgan fingerprint density at radius 3 is 2.73 bits per heavy atom. The second-order valence-corrected chi connectivity index (χ2v) is 7.38. The summed E-state index contributed by atoms with van der Waals surface area (Å²) < 4.78 is 1.98. The Balaban J connectivity index is 1.62. The zero-order valence-electron chi connectivity index (χ0n) is 14.5. The minimum Gasteiger partial charge on any atom is -0.302 e. The van der Waals surface area contributed by atoms with Crippen molar-refractivity contribution in [3.8, 4) is 11.4 Å². The number of rotatable bonds is 8. The van der Waals surface area contributed by atoms with E-state index >= 15 is 0 Å². The minimum absolute atomic E-state index is 0.134. The number of hydrogen-bond acceptors (Lipinski definition) is 8. The van der Waals surface area contributed by atoms with E-state index in [1.165, 1.54) is 23.1 Å². The number of hydrogen-bond donors (Lipinski definition) is 1. The first kappa shape index (κ1) is 18.5. The molecule has 0 saturated heterocycles. The average molecular weight is 390 g/mol. The topological polar surface area (TPSA) is 98.5 Å². The molecule has 136 valence electrons. The zero-order chi connectivity index (χ0) is 18.4. The molecule has 0 fully saturated rings. The quantitative estimate of drug-likeness (QED) is 0.591. The van der Waals surface area contributed by atoms with Gasteiger partial charge in [0, 0.05) is 30.9 Å².